The van der Waals surface area contributed by atoms with Crippen molar-refractivity contribution in [2.24, 2.45) is 0 Å². The molecule has 4 aromatic rings. The number of amides is 3. The first-order valence-corrected chi connectivity index (χ1v) is 12.2. The molecule has 1 fully saturated rings. The van der Waals surface area contributed by atoms with Crippen LogP contribution in [0.25, 0.3) is 5.69 Å². The van der Waals surface area contributed by atoms with E-state index < -0.39 is 17.9 Å². The van der Waals surface area contributed by atoms with Gasteiger partial charge in [-0.25, -0.2) is 13.6 Å². The van der Waals surface area contributed by atoms with Crippen molar-refractivity contribution >= 4 is 23.3 Å². The largest absolute Gasteiger partial charge is 0.322 e. The van der Waals surface area contributed by atoms with Crippen molar-refractivity contribution in [3.05, 3.63) is 114 Å². The van der Waals surface area contributed by atoms with Crippen LogP contribution in [-0.4, -0.2) is 34.0 Å². The molecule has 1 unspecified atom stereocenters. The average Bonchev–Trinajstić information content (AvgIpc) is 3.63. The summed E-state index contributed by atoms with van der Waals surface area (Å²) in [6, 6.07) is 22.3. The van der Waals surface area contributed by atoms with Crippen LogP contribution in [0.3, 0.4) is 0 Å². The molecule has 0 bridgehead atoms. The lowest BCUT2D eigenvalue weighted by Crippen LogP contribution is -2.48. The van der Waals surface area contributed by atoms with E-state index in [4.69, 9.17) is 0 Å². The number of rotatable bonds is 5. The molecule has 1 aromatic heterocycles. The number of nitrogens with zero attached hydrogens (tertiary/aromatic N) is 3. The number of carbonyl (C=O) groups excluding carboxylic acids is 2. The van der Waals surface area contributed by atoms with Gasteiger partial charge in [0.2, 0.25) is 5.91 Å². The number of para-hydroxylation sites is 3. The average molecular weight is 499 g/mol. The molecule has 2 aliphatic rings. The topological polar surface area (TPSA) is 57.6 Å². The highest BCUT2D eigenvalue weighted by molar-refractivity contribution is 6.01. The van der Waals surface area contributed by atoms with Crippen molar-refractivity contribution in [2.45, 2.75) is 24.9 Å². The van der Waals surface area contributed by atoms with Gasteiger partial charge in [0.25, 0.3) is 0 Å². The Morgan fingerprint density at radius 2 is 1.57 bits per heavy atom. The Morgan fingerprint density at radius 3 is 2.30 bits per heavy atom. The number of fused-ring (bicyclic) bond motifs is 3. The van der Waals surface area contributed by atoms with E-state index in [1.165, 1.54) is 29.2 Å². The van der Waals surface area contributed by atoms with E-state index in [1.54, 1.807) is 29.2 Å². The number of hydrogen-bond acceptors (Lipinski definition) is 2. The number of hydrogen-bond donors (Lipinski definition) is 1. The maximum absolute atomic E-state index is 14.2. The highest BCUT2D eigenvalue weighted by atomic mass is 19.1. The molecule has 1 atom stereocenters. The Labute approximate surface area is 212 Å². The van der Waals surface area contributed by atoms with Crippen LogP contribution in [0.1, 0.15) is 30.1 Å². The fourth-order valence-corrected chi connectivity index (χ4v) is 4.95. The zero-order valence-corrected chi connectivity index (χ0v) is 19.9. The minimum absolute atomic E-state index is 0.0657. The summed E-state index contributed by atoms with van der Waals surface area (Å²) in [5.74, 6) is -1.19. The van der Waals surface area contributed by atoms with E-state index in [0.717, 1.165) is 29.8 Å². The second-order valence-corrected chi connectivity index (χ2v) is 9.28. The van der Waals surface area contributed by atoms with E-state index in [0.29, 0.717) is 5.69 Å². The molecule has 37 heavy (non-hydrogen) atoms. The summed E-state index contributed by atoms with van der Waals surface area (Å²) in [5, 5.41) is 2.62. The number of aromatic nitrogens is 1. The van der Waals surface area contributed by atoms with Crippen molar-refractivity contribution in [3.8, 4) is 5.69 Å². The van der Waals surface area contributed by atoms with Crippen LogP contribution in [0.15, 0.2) is 91.1 Å². The molecular weight excluding hydrogens is 474 g/mol. The van der Waals surface area contributed by atoms with Crippen LogP contribution in [0, 0.1) is 11.6 Å². The summed E-state index contributed by atoms with van der Waals surface area (Å²) in [5.41, 5.74) is 3.19. The van der Waals surface area contributed by atoms with Crippen LogP contribution in [-0.2, 0) is 4.79 Å². The van der Waals surface area contributed by atoms with Crippen molar-refractivity contribution in [2.75, 3.05) is 16.8 Å². The van der Waals surface area contributed by atoms with Crippen LogP contribution in [0.5, 0.6) is 0 Å². The van der Waals surface area contributed by atoms with Crippen molar-refractivity contribution in [3.63, 3.8) is 0 Å². The first-order chi connectivity index (χ1) is 18.0. The standard InChI is InChI=1S/C29H24F2N4O2/c30-20-13-11-19(12-14-20)28-26-10-5-17-33(26)24-8-3-4-9-25(24)35(28)27(36)18-34(21-15-16-21)29(37)32-23-7-2-1-6-22(23)31/h1-14,17,21,28H,15-16,18H2,(H,32,37). The molecule has 1 saturated carbocycles. The number of carbonyl (C=O) groups is 2. The fraction of sp³-hybridized carbons (Fsp3) is 0.172. The quantitative estimate of drug-likeness (QED) is 0.373. The summed E-state index contributed by atoms with van der Waals surface area (Å²) in [7, 11) is 0. The minimum Gasteiger partial charge on any atom is -0.316 e. The predicted molar refractivity (Wildman–Crippen MR) is 137 cm³/mol. The third-order valence-corrected chi connectivity index (χ3v) is 6.84. The van der Waals surface area contributed by atoms with Crippen LogP contribution in [0.2, 0.25) is 0 Å². The molecule has 0 radical (unpaired) electrons. The van der Waals surface area contributed by atoms with Crippen LogP contribution < -0.4 is 10.2 Å². The lowest BCUT2D eigenvalue weighted by molar-refractivity contribution is -0.119. The molecule has 8 heteroatoms. The van der Waals surface area contributed by atoms with Crippen molar-refractivity contribution < 1.29 is 18.4 Å². The molecule has 0 saturated heterocycles. The smallest absolute Gasteiger partial charge is 0.316 e. The summed E-state index contributed by atoms with van der Waals surface area (Å²) in [4.78, 5) is 30.4. The molecule has 6 rings (SSSR count). The van der Waals surface area contributed by atoms with E-state index in [2.05, 4.69) is 5.32 Å². The van der Waals surface area contributed by atoms with Gasteiger partial charge in [0.05, 0.1) is 22.8 Å². The second kappa shape index (κ2) is 9.20. The maximum atomic E-state index is 14.2. The molecular formula is C29H24F2N4O2. The zero-order chi connectivity index (χ0) is 25.5. The first kappa shape index (κ1) is 23.0. The van der Waals surface area contributed by atoms with E-state index >= 15 is 0 Å². The zero-order valence-electron chi connectivity index (χ0n) is 19.9. The van der Waals surface area contributed by atoms with E-state index in [1.807, 2.05) is 47.2 Å². The summed E-state index contributed by atoms with van der Waals surface area (Å²) in [6.07, 6.45) is 3.49. The molecule has 3 aromatic carbocycles. The van der Waals surface area contributed by atoms with Gasteiger partial charge < -0.3 is 14.8 Å². The molecule has 1 aliphatic heterocycles. The molecule has 2 heterocycles. The van der Waals surface area contributed by atoms with Crippen molar-refractivity contribution in [1.82, 2.24) is 9.47 Å². The number of nitrogens with one attached hydrogen (secondary N) is 1. The van der Waals surface area contributed by atoms with Gasteiger partial charge in [-0.3, -0.25) is 9.69 Å². The highest BCUT2D eigenvalue weighted by Crippen LogP contribution is 2.42. The predicted octanol–water partition coefficient (Wildman–Crippen LogP) is 5.89. The Hall–Kier alpha value is -4.46. The lowest BCUT2D eigenvalue weighted by Gasteiger charge is -2.39. The van der Waals surface area contributed by atoms with Gasteiger partial charge in [0.1, 0.15) is 24.2 Å². The van der Waals surface area contributed by atoms with Gasteiger partial charge in [-0.2, -0.15) is 0 Å². The van der Waals surface area contributed by atoms with Gasteiger partial charge in [-0.1, -0.05) is 36.4 Å². The monoisotopic (exact) mass is 498 g/mol. The van der Waals surface area contributed by atoms with Crippen molar-refractivity contribution in [1.29, 1.82) is 0 Å². The van der Waals surface area contributed by atoms with Gasteiger partial charge in [-0.05, 0) is 66.9 Å². The number of urea groups is 1. The lowest BCUT2D eigenvalue weighted by atomic mass is 9.97. The normalized spacial score (nSPS) is 16.1. The van der Waals surface area contributed by atoms with Gasteiger partial charge in [0.15, 0.2) is 0 Å². The molecule has 0 spiro atoms. The second-order valence-electron chi connectivity index (χ2n) is 9.28. The SMILES string of the molecule is O=C(Nc1ccccc1F)N(CC(=O)N1c2ccccc2-n2cccc2C1c1ccc(F)cc1)C1CC1. The minimum atomic E-state index is -0.542. The Morgan fingerprint density at radius 1 is 0.865 bits per heavy atom. The Bertz CT molecular complexity index is 1480. The van der Waals surface area contributed by atoms with Crippen LogP contribution >= 0.6 is 0 Å². The summed E-state index contributed by atoms with van der Waals surface area (Å²) in [6.45, 7) is -0.183. The van der Waals surface area contributed by atoms with E-state index in [9.17, 15) is 18.4 Å². The summed E-state index contributed by atoms with van der Waals surface area (Å²) >= 11 is 0. The fourth-order valence-electron chi connectivity index (χ4n) is 4.95. The molecule has 186 valence electrons. The van der Waals surface area contributed by atoms with Gasteiger partial charge in [-0.15, -0.1) is 0 Å². The Balaban J connectivity index is 1.36. The first-order valence-electron chi connectivity index (χ1n) is 12.2. The molecule has 6 nitrogen and oxygen atoms in total. The third-order valence-electron chi connectivity index (χ3n) is 6.84. The van der Waals surface area contributed by atoms with Gasteiger partial charge >= 0.3 is 6.03 Å². The maximum Gasteiger partial charge on any atom is 0.322 e. The van der Waals surface area contributed by atoms with Gasteiger partial charge in [0, 0.05) is 12.2 Å². The highest BCUT2D eigenvalue weighted by Gasteiger charge is 2.40. The van der Waals surface area contributed by atoms with E-state index in [-0.39, 0.29) is 30.0 Å². The molecule has 3 amide bonds. The molecule has 1 N–H and O–H groups in total. The van der Waals surface area contributed by atoms with Crippen LogP contribution in [0.4, 0.5) is 25.0 Å². The Kier molecular flexibility index (Phi) is 5.71. The number of halogens is 2. The number of benzene rings is 3. The molecule has 1 aliphatic carbocycles. The number of anilines is 2. The third kappa shape index (κ3) is 4.24. The summed E-state index contributed by atoms with van der Waals surface area (Å²) < 4.78 is 30.0.